The number of thioether (sulfide) groups is 1. The van der Waals surface area contributed by atoms with Gasteiger partial charge in [-0.3, -0.25) is 0 Å². The Morgan fingerprint density at radius 1 is 1.62 bits per heavy atom. The number of nitrogens with one attached hydrogen (secondary N) is 1. The molecule has 8 heteroatoms. The van der Waals surface area contributed by atoms with Crippen molar-refractivity contribution < 1.29 is 8.42 Å². The van der Waals surface area contributed by atoms with Crippen LogP contribution in [0.5, 0.6) is 0 Å². The van der Waals surface area contributed by atoms with Crippen molar-refractivity contribution in [1.29, 1.82) is 0 Å². The maximum Gasteiger partial charge on any atom is 0.250 e. The average molecular weight is 296 g/mol. The minimum absolute atomic E-state index is 0.218. The van der Waals surface area contributed by atoms with E-state index in [9.17, 15) is 8.42 Å². The Morgan fingerprint density at radius 2 is 2.31 bits per heavy atom. The van der Waals surface area contributed by atoms with Gasteiger partial charge in [0, 0.05) is 12.3 Å². The molecule has 90 valence electrons. The minimum atomic E-state index is -3.41. The molecule has 0 radical (unpaired) electrons. The molecule has 1 aromatic heterocycles. The smallest absolute Gasteiger partial charge is 0.250 e. The van der Waals surface area contributed by atoms with Gasteiger partial charge in [-0.15, -0.1) is 11.3 Å². The summed E-state index contributed by atoms with van der Waals surface area (Å²) in [5.41, 5.74) is 5.42. The molecule has 16 heavy (non-hydrogen) atoms. The van der Waals surface area contributed by atoms with Crippen molar-refractivity contribution >= 4 is 50.3 Å². The van der Waals surface area contributed by atoms with E-state index >= 15 is 0 Å². The lowest BCUT2D eigenvalue weighted by Crippen LogP contribution is -2.25. The Labute approximate surface area is 109 Å². The molecule has 0 saturated carbocycles. The number of hydrogen-bond acceptors (Lipinski definition) is 5. The second-order valence-corrected chi connectivity index (χ2v) is 7.38. The summed E-state index contributed by atoms with van der Waals surface area (Å²) in [6.45, 7) is 0.420. The molecule has 0 aliphatic carbocycles. The molecule has 0 fully saturated rings. The molecule has 0 atom stereocenters. The van der Waals surface area contributed by atoms with E-state index in [1.165, 1.54) is 6.07 Å². The van der Waals surface area contributed by atoms with Gasteiger partial charge < -0.3 is 5.73 Å². The van der Waals surface area contributed by atoms with Crippen LogP contribution >= 0.6 is 35.3 Å². The van der Waals surface area contributed by atoms with Gasteiger partial charge in [-0.25, -0.2) is 13.1 Å². The molecule has 1 aromatic rings. The van der Waals surface area contributed by atoms with Crippen molar-refractivity contribution in [1.82, 2.24) is 4.72 Å². The van der Waals surface area contributed by atoms with Gasteiger partial charge in [-0.1, -0.05) is 12.2 Å². The third kappa shape index (κ3) is 3.70. The van der Waals surface area contributed by atoms with Gasteiger partial charge >= 0.3 is 0 Å². The fourth-order valence-electron chi connectivity index (χ4n) is 0.946. The van der Waals surface area contributed by atoms with Gasteiger partial charge in [0.1, 0.15) is 9.20 Å². The van der Waals surface area contributed by atoms with Crippen molar-refractivity contribution in [2.45, 2.75) is 4.21 Å². The van der Waals surface area contributed by atoms with Crippen molar-refractivity contribution in [3.63, 3.8) is 0 Å². The van der Waals surface area contributed by atoms with Gasteiger partial charge in [0.25, 0.3) is 0 Å². The maximum absolute atomic E-state index is 11.7. The first-order valence-corrected chi connectivity index (χ1v) is 8.46. The average Bonchev–Trinajstić information content (AvgIpc) is 2.67. The molecule has 0 spiro atoms. The standard InChI is InChI=1S/C8H12N2O2S4/c1-14-5-4-10-16(11,12)7-3-2-6(15-7)8(9)13/h2-3,10H,4-5H2,1H3,(H2,9,13). The minimum Gasteiger partial charge on any atom is -0.389 e. The monoisotopic (exact) mass is 296 g/mol. The normalized spacial score (nSPS) is 11.6. The molecular formula is C8H12N2O2S4. The van der Waals surface area contributed by atoms with Crippen molar-refractivity contribution in [3.8, 4) is 0 Å². The Morgan fingerprint density at radius 3 is 2.81 bits per heavy atom. The molecule has 0 amide bonds. The molecular weight excluding hydrogens is 284 g/mol. The van der Waals surface area contributed by atoms with Crippen LogP contribution in [0.4, 0.5) is 0 Å². The van der Waals surface area contributed by atoms with Crippen LogP contribution in [0.2, 0.25) is 0 Å². The Balaban J connectivity index is 2.78. The second-order valence-electron chi connectivity index (χ2n) is 2.87. The number of nitrogens with two attached hydrogens (primary N) is 1. The summed E-state index contributed by atoms with van der Waals surface area (Å²) in [5, 5.41) is 0. The van der Waals surface area contributed by atoms with E-state index in [2.05, 4.69) is 4.72 Å². The number of thiocarbonyl (C=S) groups is 1. The van der Waals surface area contributed by atoms with Gasteiger partial charge in [0.2, 0.25) is 10.0 Å². The van der Waals surface area contributed by atoms with E-state index in [1.807, 2.05) is 6.26 Å². The Bertz CT molecular complexity index is 466. The molecule has 3 N–H and O–H groups in total. The lowest BCUT2D eigenvalue weighted by Gasteiger charge is -2.02. The van der Waals surface area contributed by atoms with E-state index in [0.717, 1.165) is 17.1 Å². The zero-order valence-electron chi connectivity index (χ0n) is 8.60. The van der Waals surface area contributed by atoms with Crippen LogP contribution in [-0.4, -0.2) is 32.0 Å². The summed E-state index contributed by atoms with van der Waals surface area (Å²) in [6.07, 6.45) is 1.92. The van der Waals surface area contributed by atoms with Crippen LogP contribution in [-0.2, 0) is 10.0 Å². The number of rotatable bonds is 6. The fourth-order valence-corrected chi connectivity index (χ4v) is 3.81. The summed E-state index contributed by atoms with van der Waals surface area (Å²) in [5.74, 6) is 0.743. The quantitative estimate of drug-likeness (QED) is 0.606. The SMILES string of the molecule is CSCCNS(=O)(=O)c1ccc(C(N)=S)s1. The molecule has 1 heterocycles. The van der Waals surface area contributed by atoms with Crippen molar-refractivity contribution in [2.75, 3.05) is 18.6 Å². The molecule has 0 saturated heterocycles. The van der Waals surface area contributed by atoms with E-state index in [1.54, 1.807) is 17.8 Å². The van der Waals surface area contributed by atoms with Crippen LogP contribution in [0.15, 0.2) is 16.3 Å². The molecule has 0 aromatic carbocycles. The molecule has 0 aliphatic heterocycles. The summed E-state index contributed by atoms with van der Waals surface area (Å²) in [7, 11) is -3.41. The molecule has 1 rings (SSSR count). The topological polar surface area (TPSA) is 72.2 Å². The first kappa shape index (κ1) is 13.9. The predicted molar refractivity (Wildman–Crippen MR) is 73.8 cm³/mol. The first-order valence-electron chi connectivity index (χ1n) is 4.35. The van der Waals surface area contributed by atoms with Gasteiger partial charge in [-0.2, -0.15) is 11.8 Å². The zero-order valence-corrected chi connectivity index (χ0v) is 11.9. The number of sulfonamides is 1. The van der Waals surface area contributed by atoms with E-state index < -0.39 is 10.0 Å². The van der Waals surface area contributed by atoms with Crippen LogP contribution in [0.3, 0.4) is 0 Å². The van der Waals surface area contributed by atoms with Crippen LogP contribution in [0.25, 0.3) is 0 Å². The summed E-state index contributed by atoms with van der Waals surface area (Å²) in [4.78, 5) is 0.829. The molecule has 4 nitrogen and oxygen atoms in total. The van der Waals surface area contributed by atoms with E-state index in [-0.39, 0.29) is 9.20 Å². The predicted octanol–water partition coefficient (Wildman–Crippen LogP) is 1.02. The third-order valence-electron chi connectivity index (χ3n) is 1.69. The third-order valence-corrected chi connectivity index (χ3v) is 5.72. The highest BCUT2D eigenvalue weighted by Crippen LogP contribution is 2.21. The van der Waals surface area contributed by atoms with Crippen LogP contribution in [0, 0.1) is 0 Å². The number of hydrogen-bond donors (Lipinski definition) is 2. The molecule has 0 unspecified atom stereocenters. The zero-order chi connectivity index (χ0) is 12.2. The van der Waals surface area contributed by atoms with Crippen LogP contribution in [0.1, 0.15) is 4.88 Å². The van der Waals surface area contributed by atoms with Gasteiger partial charge in [0.05, 0.1) is 4.88 Å². The first-order chi connectivity index (χ1) is 7.47. The van der Waals surface area contributed by atoms with Crippen LogP contribution < -0.4 is 10.5 Å². The highest BCUT2D eigenvalue weighted by Gasteiger charge is 2.16. The van der Waals surface area contributed by atoms with Crippen molar-refractivity contribution in [2.24, 2.45) is 5.73 Å². The second kappa shape index (κ2) is 5.97. The lowest BCUT2D eigenvalue weighted by atomic mass is 10.5. The van der Waals surface area contributed by atoms with Gasteiger partial charge in [0.15, 0.2) is 0 Å². The highest BCUT2D eigenvalue weighted by molar-refractivity contribution is 7.98. The van der Waals surface area contributed by atoms with E-state index in [0.29, 0.717) is 11.4 Å². The van der Waals surface area contributed by atoms with Crippen molar-refractivity contribution in [3.05, 3.63) is 17.0 Å². The Kier molecular flexibility index (Phi) is 5.19. The highest BCUT2D eigenvalue weighted by atomic mass is 32.2. The molecule has 0 bridgehead atoms. The summed E-state index contributed by atoms with van der Waals surface area (Å²) < 4.78 is 26.3. The summed E-state index contributed by atoms with van der Waals surface area (Å²) >= 11 is 7.44. The summed E-state index contributed by atoms with van der Waals surface area (Å²) in [6, 6.07) is 3.14. The van der Waals surface area contributed by atoms with E-state index in [4.69, 9.17) is 18.0 Å². The lowest BCUT2D eigenvalue weighted by molar-refractivity contribution is 0.586. The largest absolute Gasteiger partial charge is 0.389 e. The Hall–Kier alpha value is -0.150. The molecule has 0 aliphatic rings. The maximum atomic E-state index is 11.7. The number of thiophene rings is 1. The van der Waals surface area contributed by atoms with Gasteiger partial charge in [-0.05, 0) is 18.4 Å². The fraction of sp³-hybridized carbons (Fsp3) is 0.375.